The molecule has 3 rings (SSSR count). The van der Waals surface area contributed by atoms with Crippen molar-refractivity contribution >= 4 is 39.0 Å². The molecule has 0 saturated heterocycles. The van der Waals surface area contributed by atoms with Gasteiger partial charge in [0, 0.05) is 15.3 Å². The molecule has 0 aliphatic rings. The average molecular weight is 429 g/mol. The Balaban J connectivity index is 1.78. The van der Waals surface area contributed by atoms with Crippen LogP contribution in [0.4, 0.5) is 13.2 Å². The molecule has 1 aromatic heterocycles. The van der Waals surface area contributed by atoms with E-state index in [9.17, 15) is 23.1 Å². The maximum Gasteiger partial charge on any atom is 0.416 e. The lowest BCUT2D eigenvalue weighted by Crippen LogP contribution is -2.09. The Hall–Kier alpha value is -2.25. The van der Waals surface area contributed by atoms with E-state index in [0.29, 0.717) is 17.7 Å². The summed E-state index contributed by atoms with van der Waals surface area (Å²) in [6.07, 6.45) is -3.96. The van der Waals surface area contributed by atoms with E-state index in [0.717, 1.165) is 27.8 Å². The van der Waals surface area contributed by atoms with E-state index in [4.69, 9.17) is 16.3 Å². The third-order valence-corrected chi connectivity index (χ3v) is 5.75. The number of thiophene rings is 1. The highest BCUT2D eigenvalue weighted by Gasteiger charge is 2.30. The summed E-state index contributed by atoms with van der Waals surface area (Å²) in [6.45, 7) is 1.85. The van der Waals surface area contributed by atoms with E-state index in [1.807, 2.05) is 12.3 Å². The summed E-state index contributed by atoms with van der Waals surface area (Å²) >= 11 is 7.37. The molecule has 1 atom stereocenters. The van der Waals surface area contributed by atoms with Gasteiger partial charge in [0.1, 0.15) is 12.4 Å². The van der Waals surface area contributed by atoms with Crippen molar-refractivity contribution in [2.24, 2.45) is 0 Å². The summed E-state index contributed by atoms with van der Waals surface area (Å²) in [4.78, 5) is 11.4. The fourth-order valence-electron chi connectivity index (χ4n) is 2.92. The lowest BCUT2D eigenvalue weighted by atomic mass is 9.96. The zero-order chi connectivity index (χ0) is 20.5. The molecule has 1 N–H and O–H groups in total. The summed E-state index contributed by atoms with van der Waals surface area (Å²) < 4.78 is 44.7. The van der Waals surface area contributed by atoms with Gasteiger partial charge in [-0.2, -0.15) is 13.2 Å². The van der Waals surface area contributed by atoms with Crippen molar-refractivity contribution in [2.75, 3.05) is 0 Å². The largest absolute Gasteiger partial charge is 0.489 e. The first-order valence-electron chi connectivity index (χ1n) is 8.43. The molecule has 28 heavy (non-hydrogen) atoms. The minimum atomic E-state index is -4.45. The predicted octanol–water partition coefficient (Wildman–Crippen LogP) is 6.73. The summed E-state index contributed by atoms with van der Waals surface area (Å²) in [5, 5.41) is 12.0. The highest BCUT2D eigenvalue weighted by Crippen LogP contribution is 2.36. The number of ether oxygens (including phenoxy) is 1. The van der Waals surface area contributed by atoms with Gasteiger partial charge >= 0.3 is 12.1 Å². The van der Waals surface area contributed by atoms with Crippen molar-refractivity contribution in [2.45, 2.75) is 32.0 Å². The minimum absolute atomic E-state index is 0.0124. The number of halogens is 4. The van der Waals surface area contributed by atoms with Crippen molar-refractivity contribution in [1.29, 1.82) is 0 Å². The Kier molecular flexibility index (Phi) is 5.86. The number of rotatable bonds is 6. The first-order chi connectivity index (χ1) is 13.2. The van der Waals surface area contributed by atoms with Crippen LogP contribution >= 0.6 is 22.9 Å². The van der Waals surface area contributed by atoms with Crippen LogP contribution in [0.2, 0.25) is 5.02 Å². The smallest absolute Gasteiger partial charge is 0.416 e. The second-order valence-corrected chi connectivity index (χ2v) is 7.56. The van der Waals surface area contributed by atoms with Crippen LogP contribution in [-0.4, -0.2) is 11.1 Å². The van der Waals surface area contributed by atoms with E-state index >= 15 is 0 Å². The topological polar surface area (TPSA) is 46.5 Å². The maximum atomic E-state index is 12.7. The van der Waals surface area contributed by atoms with E-state index < -0.39 is 23.6 Å². The van der Waals surface area contributed by atoms with Gasteiger partial charge in [0.2, 0.25) is 0 Å². The fraction of sp³-hybridized carbons (Fsp3) is 0.250. The summed E-state index contributed by atoms with van der Waals surface area (Å²) in [6, 6.07) is 8.45. The molecule has 0 radical (unpaired) electrons. The van der Waals surface area contributed by atoms with Crippen LogP contribution in [0.5, 0.6) is 5.75 Å². The van der Waals surface area contributed by atoms with Crippen LogP contribution in [0.15, 0.2) is 41.8 Å². The summed E-state index contributed by atoms with van der Waals surface area (Å²) in [7, 11) is 0. The molecule has 0 amide bonds. The Bertz CT molecular complexity index is 1010. The van der Waals surface area contributed by atoms with E-state index in [1.54, 1.807) is 18.2 Å². The molecule has 0 aliphatic carbocycles. The number of fused-ring (bicyclic) bond motifs is 1. The van der Waals surface area contributed by atoms with Crippen molar-refractivity contribution in [3.63, 3.8) is 0 Å². The van der Waals surface area contributed by atoms with Crippen molar-refractivity contribution in [1.82, 2.24) is 0 Å². The zero-order valence-corrected chi connectivity index (χ0v) is 16.3. The van der Waals surface area contributed by atoms with E-state index in [2.05, 4.69) is 0 Å². The monoisotopic (exact) mass is 428 g/mol. The van der Waals surface area contributed by atoms with Gasteiger partial charge in [-0.25, -0.2) is 0 Å². The molecule has 2 aromatic carbocycles. The predicted molar refractivity (Wildman–Crippen MR) is 103 cm³/mol. The molecule has 8 heteroatoms. The van der Waals surface area contributed by atoms with Crippen LogP contribution in [-0.2, 0) is 17.6 Å². The van der Waals surface area contributed by atoms with Gasteiger partial charge in [-0.1, -0.05) is 24.6 Å². The summed E-state index contributed by atoms with van der Waals surface area (Å²) in [5.41, 5.74) is 0.406. The van der Waals surface area contributed by atoms with Crippen LogP contribution in [0.25, 0.3) is 10.1 Å². The second-order valence-electron chi connectivity index (χ2n) is 6.24. The molecule has 3 nitrogen and oxygen atoms in total. The molecule has 0 bridgehead atoms. The number of hydrogen-bond donors (Lipinski definition) is 1. The number of hydrogen-bond acceptors (Lipinski definition) is 3. The molecule has 148 valence electrons. The van der Waals surface area contributed by atoms with Crippen LogP contribution in [0.1, 0.15) is 36.0 Å². The van der Waals surface area contributed by atoms with Gasteiger partial charge in [0.25, 0.3) is 0 Å². The number of carboxylic acids is 1. The Labute approximate surface area is 168 Å². The standard InChI is InChI=1S/C20H16ClF3O3S/c1-2-14(19(25)26)16-10-28-18-8-13(5-6-15(16)18)27-9-11-3-4-12(7-17(11)21)20(22,23)24/h3-8,10,14H,2,9H2,1H3,(H,25,26). The number of benzene rings is 2. The Morgan fingerprint density at radius 2 is 2.00 bits per heavy atom. The first kappa shape index (κ1) is 20.5. The second kappa shape index (κ2) is 8.01. The summed E-state index contributed by atoms with van der Waals surface area (Å²) in [5.74, 6) is -0.897. The SMILES string of the molecule is CCC(C(=O)O)c1csc2cc(OCc3ccc(C(F)(F)F)cc3Cl)ccc12. The number of carboxylic acid groups (broad SMARTS) is 1. The van der Waals surface area contributed by atoms with Gasteiger partial charge in [-0.05, 0) is 53.1 Å². The molecule has 1 heterocycles. The lowest BCUT2D eigenvalue weighted by molar-refractivity contribution is -0.139. The quantitative estimate of drug-likeness (QED) is 0.473. The van der Waals surface area contributed by atoms with Gasteiger partial charge in [-0.3, -0.25) is 4.79 Å². The minimum Gasteiger partial charge on any atom is -0.489 e. The third kappa shape index (κ3) is 4.25. The lowest BCUT2D eigenvalue weighted by Gasteiger charge is -2.12. The molecule has 0 saturated carbocycles. The number of aliphatic carboxylic acids is 1. The molecule has 0 fully saturated rings. The van der Waals surface area contributed by atoms with Crippen LogP contribution < -0.4 is 4.74 Å². The van der Waals surface area contributed by atoms with Crippen molar-refractivity contribution in [3.8, 4) is 5.75 Å². The van der Waals surface area contributed by atoms with Crippen LogP contribution in [0, 0.1) is 0 Å². The van der Waals surface area contributed by atoms with Crippen LogP contribution in [0.3, 0.4) is 0 Å². The fourth-order valence-corrected chi connectivity index (χ4v) is 4.20. The van der Waals surface area contributed by atoms with Gasteiger partial charge < -0.3 is 9.84 Å². The molecule has 3 aromatic rings. The highest BCUT2D eigenvalue weighted by molar-refractivity contribution is 7.17. The Morgan fingerprint density at radius 3 is 2.61 bits per heavy atom. The van der Waals surface area contributed by atoms with E-state index in [1.165, 1.54) is 17.4 Å². The highest BCUT2D eigenvalue weighted by atomic mass is 35.5. The molecular weight excluding hydrogens is 413 g/mol. The Morgan fingerprint density at radius 1 is 1.25 bits per heavy atom. The van der Waals surface area contributed by atoms with Crippen molar-refractivity contribution in [3.05, 3.63) is 63.5 Å². The number of carbonyl (C=O) groups is 1. The molecular formula is C20H16ClF3O3S. The molecule has 1 unspecified atom stereocenters. The molecule has 0 spiro atoms. The normalized spacial score (nSPS) is 12.9. The van der Waals surface area contributed by atoms with Crippen molar-refractivity contribution < 1.29 is 27.8 Å². The first-order valence-corrected chi connectivity index (χ1v) is 9.68. The number of alkyl halides is 3. The molecule has 0 aliphatic heterocycles. The maximum absolute atomic E-state index is 12.7. The average Bonchev–Trinajstić information content (AvgIpc) is 3.03. The van der Waals surface area contributed by atoms with Gasteiger partial charge in [0.15, 0.2) is 0 Å². The van der Waals surface area contributed by atoms with E-state index in [-0.39, 0.29) is 11.6 Å². The third-order valence-electron chi connectivity index (χ3n) is 4.43. The van der Waals surface area contributed by atoms with Gasteiger partial charge in [-0.15, -0.1) is 11.3 Å². The van der Waals surface area contributed by atoms with Gasteiger partial charge in [0.05, 0.1) is 11.5 Å². The zero-order valence-electron chi connectivity index (χ0n) is 14.7.